The minimum Gasteiger partial charge on any atom is -0.480 e. The number of aromatic nitrogens is 2. The summed E-state index contributed by atoms with van der Waals surface area (Å²) >= 11 is 0. The van der Waals surface area contributed by atoms with Gasteiger partial charge in [-0.3, -0.25) is 13.9 Å². The molecule has 2 heterocycles. The van der Waals surface area contributed by atoms with Gasteiger partial charge in [0, 0.05) is 6.20 Å². The summed E-state index contributed by atoms with van der Waals surface area (Å²) in [5, 5.41) is 11.5. The monoisotopic (exact) mass is 447 g/mol. The summed E-state index contributed by atoms with van der Waals surface area (Å²) < 4.78 is 29.7. The van der Waals surface area contributed by atoms with Gasteiger partial charge in [0.15, 0.2) is 6.04 Å². The predicted molar refractivity (Wildman–Crippen MR) is 105 cm³/mol. The van der Waals surface area contributed by atoms with Crippen molar-refractivity contribution in [3.8, 4) is 0 Å². The number of amides is 1. The van der Waals surface area contributed by atoms with Gasteiger partial charge < -0.3 is 35.7 Å². The number of carboxylic acids is 1. The first-order valence-electron chi connectivity index (χ1n) is 9.12. The maximum absolute atomic E-state index is 12.6. The van der Waals surface area contributed by atoms with Crippen molar-refractivity contribution in [2.24, 2.45) is 11.7 Å². The number of hydrogen-bond acceptors (Lipinski definition) is 10. The SMILES string of the molecule is CC(C)C(N)C(=O)NC(COP1(=O)CO[C@@H](Cn2ccc(N)nc2=O)CO1)C(=O)O. The van der Waals surface area contributed by atoms with Gasteiger partial charge in [0.1, 0.15) is 18.3 Å². The molecular formula is C16H26N5O8P. The number of carboxylic acid groups (broad SMARTS) is 1. The molecule has 0 spiro atoms. The normalized spacial score (nSPS) is 23.7. The van der Waals surface area contributed by atoms with Crippen molar-refractivity contribution in [1.82, 2.24) is 14.9 Å². The molecule has 6 N–H and O–H groups in total. The number of carbonyl (C=O) groups excluding carboxylic acids is 1. The van der Waals surface area contributed by atoms with Crippen LogP contribution in [-0.2, 0) is 34.5 Å². The Bertz CT molecular complexity index is 863. The lowest BCUT2D eigenvalue weighted by molar-refractivity contribution is -0.143. The first kappa shape index (κ1) is 24.0. The number of nitrogens with one attached hydrogen (secondary N) is 1. The van der Waals surface area contributed by atoms with E-state index < -0.39 is 56.3 Å². The van der Waals surface area contributed by atoms with Crippen LogP contribution in [0.15, 0.2) is 17.1 Å². The molecule has 3 unspecified atom stereocenters. The third kappa shape index (κ3) is 6.61. The Labute approximate surface area is 172 Å². The van der Waals surface area contributed by atoms with Gasteiger partial charge in [-0.2, -0.15) is 4.98 Å². The summed E-state index contributed by atoms with van der Waals surface area (Å²) in [5.74, 6) is -2.15. The largest absolute Gasteiger partial charge is 0.480 e. The fourth-order valence-corrected chi connectivity index (χ4v) is 3.78. The van der Waals surface area contributed by atoms with Crippen LogP contribution in [0.1, 0.15) is 13.8 Å². The van der Waals surface area contributed by atoms with Crippen LogP contribution in [0.2, 0.25) is 0 Å². The lowest BCUT2D eigenvalue weighted by Crippen LogP contribution is -2.51. The lowest BCUT2D eigenvalue weighted by atomic mass is 10.0. The molecule has 0 aromatic carbocycles. The van der Waals surface area contributed by atoms with Crippen molar-refractivity contribution in [1.29, 1.82) is 0 Å². The summed E-state index contributed by atoms with van der Waals surface area (Å²) in [4.78, 5) is 38.7. The average Bonchev–Trinajstić information content (AvgIpc) is 2.68. The molecule has 0 bridgehead atoms. The highest BCUT2D eigenvalue weighted by molar-refractivity contribution is 7.53. The van der Waals surface area contributed by atoms with E-state index in [1.807, 2.05) is 0 Å². The smallest absolute Gasteiger partial charge is 0.356 e. The van der Waals surface area contributed by atoms with E-state index in [2.05, 4.69) is 10.3 Å². The van der Waals surface area contributed by atoms with Gasteiger partial charge in [0.25, 0.3) is 0 Å². The summed E-state index contributed by atoms with van der Waals surface area (Å²) in [6.07, 6.45) is 0.402. The van der Waals surface area contributed by atoms with Crippen molar-refractivity contribution in [2.45, 2.75) is 38.6 Å². The molecular weight excluding hydrogens is 421 g/mol. The fourth-order valence-electron chi connectivity index (χ4n) is 2.39. The standard InChI is InChI=1S/C16H26N5O8P/c1-9(2)13(18)14(22)19-11(15(23)24)7-29-30(26)8-27-10(6-28-30)5-21-4-3-12(17)20-16(21)25/h3-4,9-11,13H,5-8,18H2,1-2H3,(H,19,22)(H,23,24)(H2,17,20,25)/t10-,11?,13?,30?/m0/s1. The minimum absolute atomic E-state index is 0.0874. The summed E-state index contributed by atoms with van der Waals surface area (Å²) in [5.41, 5.74) is 10.6. The number of nitrogens with two attached hydrogens (primary N) is 2. The van der Waals surface area contributed by atoms with E-state index in [0.29, 0.717) is 0 Å². The van der Waals surface area contributed by atoms with Gasteiger partial charge in [0.05, 0.1) is 25.8 Å². The first-order valence-corrected chi connectivity index (χ1v) is 10.8. The van der Waals surface area contributed by atoms with Gasteiger partial charge in [0.2, 0.25) is 5.91 Å². The predicted octanol–water partition coefficient (Wildman–Crippen LogP) is -1.04. The molecule has 4 atom stereocenters. The molecule has 13 nitrogen and oxygen atoms in total. The Kier molecular flexibility index (Phi) is 8.10. The summed E-state index contributed by atoms with van der Waals surface area (Å²) in [6, 6.07) is -0.914. The van der Waals surface area contributed by atoms with Gasteiger partial charge in [-0.05, 0) is 12.0 Å². The Morgan fingerprint density at radius 1 is 1.50 bits per heavy atom. The van der Waals surface area contributed by atoms with Crippen LogP contribution >= 0.6 is 7.60 Å². The highest BCUT2D eigenvalue weighted by atomic mass is 31.2. The van der Waals surface area contributed by atoms with Crippen molar-refractivity contribution in [3.63, 3.8) is 0 Å². The molecule has 30 heavy (non-hydrogen) atoms. The van der Waals surface area contributed by atoms with E-state index in [1.54, 1.807) is 13.8 Å². The van der Waals surface area contributed by atoms with E-state index in [1.165, 1.54) is 16.8 Å². The van der Waals surface area contributed by atoms with Crippen LogP contribution in [0.5, 0.6) is 0 Å². The molecule has 2 rings (SSSR count). The van der Waals surface area contributed by atoms with Crippen molar-refractivity contribution in [2.75, 3.05) is 25.3 Å². The van der Waals surface area contributed by atoms with E-state index in [0.717, 1.165) is 0 Å². The zero-order valence-corrected chi connectivity index (χ0v) is 17.5. The number of nitrogens with zero attached hydrogens (tertiary/aromatic N) is 2. The molecule has 1 fully saturated rings. The molecule has 0 radical (unpaired) electrons. The molecule has 1 aromatic heterocycles. The van der Waals surface area contributed by atoms with Gasteiger partial charge in [-0.25, -0.2) is 9.59 Å². The lowest BCUT2D eigenvalue weighted by Gasteiger charge is -2.30. The zero-order valence-electron chi connectivity index (χ0n) is 16.6. The van der Waals surface area contributed by atoms with Crippen LogP contribution in [-0.4, -0.2) is 64.3 Å². The second-order valence-corrected chi connectivity index (χ2v) is 9.07. The Morgan fingerprint density at radius 3 is 2.73 bits per heavy atom. The number of hydrogen-bond donors (Lipinski definition) is 4. The Hall–Kier alpha value is -2.31. The second kappa shape index (κ2) is 10.1. The first-order chi connectivity index (χ1) is 14.0. The van der Waals surface area contributed by atoms with Gasteiger partial charge in [-0.15, -0.1) is 0 Å². The number of anilines is 1. The maximum atomic E-state index is 12.6. The molecule has 0 saturated carbocycles. The van der Waals surface area contributed by atoms with Crippen molar-refractivity contribution < 1.29 is 33.0 Å². The highest BCUT2D eigenvalue weighted by Crippen LogP contribution is 2.50. The molecule has 1 saturated heterocycles. The third-order valence-electron chi connectivity index (χ3n) is 4.29. The minimum atomic E-state index is -3.75. The molecule has 1 aliphatic heterocycles. The summed E-state index contributed by atoms with van der Waals surface area (Å²) in [7, 11) is -3.75. The number of aliphatic carboxylic acids is 1. The van der Waals surface area contributed by atoms with Crippen molar-refractivity contribution in [3.05, 3.63) is 22.7 Å². The molecule has 168 valence electrons. The molecule has 1 aliphatic rings. The van der Waals surface area contributed by atoms with E-state index in [9.17, 15) is 24.1 Å². The molecule has 1 amide bonds. The molecule has 14 heteroatoms. The second-order valence-electron chi connectivity index (χ2n) is 7.08. The fraction of sp³-hybridized carbons (Fsp3) is 0.625. The Morgan fingerprint density at radius 2 is 2.20 bits per heavy atom. The third-order valence-corrected chi connectivity index (χ3v) is 5.85. The van der Waals surface area contributed by atoms with Gasteiger partial charge >= 0.3 is 19.3 Å². The van der Waals surface area contributed by atoms with Crippen LogP contribution < -0.4 is 22.5 Å². The van der Waals surface area contributed by atoms with E-state index in [-0.39, 0.29) is 24.9 Å². The van der Waals surface area contributed by atoms with Crippen LogP contribution in [0.4, 0.5) is 5.82 Å². The maximum Gasteiger partial charge on any atom is 0.356 e. The van der Waals surface area contributed by atoms with E-state index in [4.69, 9.17) is 25.3 Å². The van der Waals surface area contributed by atoms with Crippen LogP contribution in [0, 0.1) is 5.92 Å². The van der Waals surface area contributed by atoms with Gasteiger partial charge in [-0.1, -0.05) is 13.8 Å². The number of nitrogen functional groups attached to an aromatic ring is 1. The van der Waals surface area contributed by atoms with Crippen molar-refractivity contribution >= 4 is 25.3 Å². The molecule has 0 aliphatic carbocycles. The Balaban J connectivity index is 1.88. The quantitative estimate of drug-likeness (QED) is 0.337. The summed E-state index contributed by atoms with van der Waals surface area (Å²) in [6.45, 7) is 2.77. The van der Waals surface area contributed by atoms with Crippen LogP contribution in [0.3, 0.4) is 0 Å². The zero-order chi connectivity index (χ0) is 22.5. The number of carbonyl (C=O) groups is 2. The molecule has 1 aromatic rings. The topological polar surface area (TPSA) is 198 Å². The number of ether oxygens (including phenoxy) is 1. The average molecular weight is 447 g/mol. The highest BCUT2D eigenvalue weighted by Gasteiger charge is 2.36. The van der Waals surface area contributed by atoms with Crippen LogP contribution in [0.25, 0.3) is 0 Å². The number of rotatable bonds is 9. The van der Waals surface area contributed by atoms with E-state index >= 15 is 0 Å².